The molecule has 2 aromatic carbocycles. The summed E-state index contributed by atoms with van der Waals surface area (Å²) in [5.41, 5.74) is 1.65. The van der Waals surface area contributed by atoms with E-state index >= 15 is 0 Å². The minimum absolute atomic E-state index is 0.201. The molecule has 0 aromatic heterocycles. The van der Waals surface area contributed by atoms with Crippen LogP contribution in [0.2, 0.25) is 0 Å². The summed E-state index contributed by atoms with van der Waals surface area (Å²) in [6.45, 7) is 4.83. The van der Waals surface area contributed by atoms with Gasteiger partial charge in [0.05, 0.1) is 7.11 Å². The molecule has 0 fully saturated rings. The first-order valence-electron chi connectivity index (χ1n) is 7.89. The highest BCUT2D eigenvalue weighted by atomic mass is 16.7. The Morgan fingerprint density at radius 2 is 2.00 bits per heavy atom. The molecule has 0 spiro atoms. The quantitative estimate of drug-likeness (QED) is 0.816. The van der Waals surface area contributed by atoms with Gasteiger partial charge in [0.2, 0.25) is 6.79 Å². The summed E-state index contributed by atoms with van der Waals surface area (Å²) in [5.74, 6) is 2.09. The fourth-order valence-corrected chi connectivity index (χ4v) is 2.50. The third kappa shape index (κ3) is 4.03. The van der Waals surface area contributed by atoms with Crippen LogP contribution >= 0.6 is 0 Å². The maximum absolute atomic E-state index is 12.6. The van der Waals surface area contributed by atoms with Crippen molar-refractivity contribution in [3.05, 3.63) is 60.7 Å². The summed E-state index contributed by atoms with van der Waals surface area (Å²) in [4.78, 5) is 14.3. The van der Waals surface area contributed by atoms with E-state index in [1.807, 2.05) is 24.3 Å². The van der Waals surface area contributed by atoms with E-state index in [1.54, 1.807) is 36.3 Å². The zero-order valence-electron chi connectivity index (χ0n) is 14.0. The number of fused-ring (bicyclic) bond motifs is 1. The Labute approximate surface area is 146 Å². The molecule has 1 aliphatic heterocycles. The number of urea groups is 1. The normalized spacial score (nSPS) is 11.7. The molecule has 0 radical (unpaired) electrons. The van der Waals surface area contributed by atoms with Gasteiger partial charge in [0.15, 0.2) is 11.5 Å². The van der Waals surface area contributed by atoms with Crippen molar-refractivity contribution >= 4 is 11.7 Å². The van der Waals surface area contributed by atoms with Crippen LogP contribution in [0.25, 0.3) is 0 Å². The van der Waals surface area contributed by atoms with Crippen LogP contribution in [0.5, 0.6) is 17.2 Å². The predicted octanol–water partition coefficient (Wildman–Crippen LogP) is 3.64. The number of amides is 2. The maximum atomic E-state index is 12.6. The van der Waals surface area contributed by atoms with Crippen LogP contribution in [0.3, 0.4) is 0 Å². The van der Waals surface area contributed by atoms with Crippen LogP contribution in [0.4, 0.5) is 10.5 Å². The number of rotatable bonds is 6. The van der Waals surface area contributed by atoms with E-state index in [9.17, 15) is 4.79 Å². The number of carbonyl (C=O) groups is 1. The van der Waals surface area contributed by atoms with Gasteiger partial charge in [-0.1, -0.05) is 18.2 Å². The lowest BCUT2D eigenvalue weighted by molar-refractivity contribution is 0.174. The van der Waals surface area contributed by atoms with Crippen molar-refractivity contribution in [2.75, 3.05) is 25.8 Å². The third-order valence-corrected chi connectivity index (χ3v) is 3.79. The number of carbonyl (C=O) groups excluding carboxylic acids is 1. The second-order valence-electron chi connectivity index (χ2n) is 5.52. The fourth-order valence-electron chi connectivity index (χ4n) is 2.50. The Hall–Kier alpha value is -3.15. The molecule has 25 heavy (non-hydrogen) atoms. The number of methoxy groups -OCH3 is 1. The molecule has 2 amide bonds. The first-order chi connectivity index (χ1) is 12.2. The van der Waals surface area contributed by atoms with Crippen LogP contribution in [0.1, 0.15) is 5.56 Å². The molecular weight excluding hydrogens is 320 g/mol. The summed E-state index contributed by atoms with van der Waals surface area (Å²) in [5, 5.41) is 2.88. The predicted molar refractivity (Wildman–Crippen MR) is 95.2 cm³/mol. The summed E-state index contributed by atoms with van der Waals surface area (Å²) in [6, 6.07) is 12.7. The van der Waals surface area contributed by atoms with E-state index in [2.05, 4.69) is 11.9 Å². The van der Waals surface area contributed by atoms with Gasteiger partial charge in [0.1, 0.15) is 5.75 Å². The maximum Gasteiger partial charge on any atom is 0.322 e. The Kier molecular flexibility index (Phi) is 5.09. The largest absolute Gasteiger partial charge is 0.497 e. The number of nitrogens with one attached hydrogen (secondary N) is 1. The lowest BCUT2D eigenvalue weighted by atomic mass is 10.2. The highest BCUT2D eigenvalue weighted by Gasteiger charge is 2.17. The van der Waals surface area contributed by atoms with Gasteiger partial charge in [-0.2, -0.15) is 0 Å². The van der Waals surface area contributed by atoms with Crippen LogP contribution in [-0.2, 0) is 6.54 Å². The van der Waals surface area contributed by atoms with Gasteiger partial charge in [-0.15, -0.1) is 6.58 Å². The Morgan fingerprint density at radius 3 is 2.72 bits per heavy atom. The van der Waals surface area contributed by atoms with Gasteiger partial charge in [0.25, 0.3) is 0 Å². The smallest absolute Gasteiger partial charge is 0.322 e. The lowest BCUT2D eigenvalue weighted by Gasteiger charge is -2.22. The van der Waals surface area contributed by atoms with Gasteiger partial charge in [0, 0.05) is 24.8 Å². The van der Waals surface area contributed by atoms with Crippen LogP contribution in [-0.4, -0.2) is 31.4 Å². The van der Waals surface area contributed by atoms with Crippen molar-refractivity contribution in [3.8, 4) is 17.2 Å². The van der Waals surface area contributed by atoms with E-state index < -0.39 is 0 Å². The topological polar surface area (TPSA) is 60.0 Å². The van der Waals surface area contributed by atoms with Gasteiger partial charge >= 0.3 is 6.03 Å². The minimum atomic E-state index is -0.213. The number of nitrogens with zero attached hydrogens (tertiary/aromatic N) is 1. The van der Waals surface area contributed by atoms with Crippen LogP contribution < -0.4 is 19.5 Å². The van der Waals surface area contributed by atoms with Gasteiger partial charge < -0.3 is 24.4 Å². The Bertz CT molecular complexity index is 759. The fraction of sp³-hybridized carbons (Fsp3) is 0.211. The van der Waals surface area contributed by atoms with E-state index in [0.717, 1.165) is 11.3 Å². The summed E-state index contributed by atoms with van der Waals surface area (Å²) in [7, 11) is 1.62. The van der Waals surface area contributed by atoms with Crippen molar-refractivity contribution < 1.29 is 19.0 Å². The first-order valence-corrected chi connectivity index (χ1v) is 7.89. The monoisotopic (exact) mass is 340 g/mol. The molecule has 0 unspecified atom stereocenters. The molecule has 2 aromatic rings. The Morgan fingerprint density at radius 1 is 1.24 bits per heavy atom. The van der Waals surface area contributed by atoms with Crippen molar-refractivity contribution in [1.82, 2.24) is 4.90 Å². The molecule has 3 rings (SSSR count). The number of ether oxygens (including phenoxy) is 3. The zero-order chi connectivity index (χ0) is 17.6. The zero-order valence-corrected chi connectivity index (χ0v) is 14.0. The average molecular weight is 340 g/mol. The van der Waals surface area contributed by atoms with E-state index in [-0.39, 0.29) is 12.8 Å². The van der Waals surface area contributed by atoms with E-state index in [1.165, 1.54) is 0 Å². The molecule has 0 atom stereocenters. The van der Waals surface area contributed by atoms with Crippen molar-refractivity contribution in [1.29, 1.82) is 0 Å². The molecular formula is C19H20N2O4. The summed E-state index contributed by atoms with van der Waals surface area (Å²) < 4.78 is 15.8. The van der Waals surface area contributed by atoms with Crippen molar-refractivity contribution in [3.63, 3.8) is 0 Å². The highest BCUT2D eigenvalue weighted by Crippen LogP contribution is 2.34. The second-order valence-corrected chi connectivity index (χ2v) is 5.52. The first kappa shape index (κ1) is 16.7. The number of anilines is 1. The SMILES string of the molecule is C=CCN(Cc1ccc(OC)cc1)C(=O)Nc1ccc2c(c1)OCO2. The molecule has 0 saturated carbocycles. The molecule has 1 heterocycles. The number of hydrogen-bond donors (Lipinski definition) is 1. The van der Waals surface area contributed by atoms with Crippen molar-refractivity contribution in [2.24, 2.45) is 0 Å². The second kappa shape index (κ2) is 7.61. The molecule has 6 heteroatoms. The van der Waals surface area contributed by atoms with Crippen LogP contribution in [0, 0.1) is 0 Å². The number of benzene rings is 2. The van der Waals surface area contributed by atoms with Gasteiger partial charge in [-0.25, -0.2) is 4.79 Å². The van der Waals surface area contributed by atoms with Crippen molar-refractivity contribution in [2.45, 2.75) is 6.54 Å². The summed E-state index contributed by atoms with van der Waals surface area (Å²) >= 11 is 0. The Balaban J connectivity index is 1.68. The van der Waals surface area contributed by atoms with Gasteiger partial charge in [-0.05, 0) is 29.8 Å². The molecule has 0 aliphatic carbocycles. The molecule has 130 valence electrons. The average Bonchev–Trinajstić information content (AvgIpc) is 3.09. The van der Waals surface area contributed by atoms with Crippen LogP contribution in [0.15, 0.2) is 55.1 Å². The molecule has 0 saturated heterocycles. The molecule has 1 N–H and O–H groups in total. The van der Waals surface area contributed by atoms with E-state index in [4.69, 9.17) is 14.2 Å². The third-order valence-electron chi connectivity index (χ3n) is 3.79. The molecule has 1 aliphatic rings. The standard InChI is InChI=1S/C19H20N2O4/c1-3-10-21(12-14-4-7-16(23-2)8-5-14)19(22)20-15-6-9-17-18(11-15)25-13-24-17/h3-9,11H,1,10,12-13H2,2H3,(H,20,22). The summed E-state index contributed by atoms with van der Waals surface area (Å²) in [6.07, 6.45) is 1.70. The minimum Gasteiger partial charge on any atom is -0.497 e. The number of hydrogen-bond acceptors (Lipinski definition) is 4. The highest BCUT2D eigenvalue weighted by molar-refractivity contribution is 5.89. The lowest BCUT2D eigenvalue weighted by Crippen LogP contribution is -2.34. The molecule has 6 nitrogen and oxygen atoms in total. The molecule has 0 bridgehead atoms. The van der Waals surface area contributed by atoms with Gasteiger partial charge in [-0.3, -0.25) is 0 Å². The van der Waals surface area contributed by atoms with E-state index in [0.29, 0.717) is 30.3 Å².